The molecule has 0 spiro atoms. The van der Waals surface area contributed by atoms with Gasteiger partial charge in [0.1, 0.15) is 0 Å². The van der Waals surface area contributed by atoms with Crippen LogP contribution in [0.5, 0.6) is 0 Å². The molecular formula is C18H29N3O. The molecule has 0 amide bonds. The van der Waals surface area contributed by atoms with E-state index in [1.54, 1.807) is 0 Å². The monoisotopic (exact) mass is 303 g/mol. The second kappa shape index (κ2) is 8.18. The predicted molar refractivity (Wildman–Crippen MR) is 92.0 cm³/mol. The molecule has 122 valence electrons. The number of nitrogens with one attached hydrogen (secondary N) is 2. The number of aliphatic imine (C=N–C) groups is 1. The molecule has 1 aromatic carbocycles. The van der Waals surface area contributed by atoms with Crippen molar-refractivity contribution >= 4 is 5.96 Å². The molecule has 2 rings (SSSR count). The van der Waals surface area contributed by atoms with Crippen LogP contribution in [0, 0.1) is 12.3 Å². The van der Waals surface area contributed by atoms with Crippen molar-refractivity contribution in [2.75, 3.05) is 19.7 Å². The fourth-order valence-electron chi connectivity index (χ4n) is 2.26. The van der Waals surface area contributed by atoms with Crippen LogP contribution in [0.15, 0.2) is 29.3 Å². The van der Waals surface area contributed by atoms with Crippen LogP contribution in [-0.4, -0.2) is 30.8 Å². The second-order valence-corrected chi connectivity index (χ2v) is 6.44. The van der Waals surface area contributed by atoms with E-state index in [-0.39, 0.29) is 12.0 Å². The highest BCUT2D eigenvalue weighted by molar-refractivity contribution is 5.79. The van der Waals surface area contributed by atoms with Crippen LogP contribution < -0.4 is 10.6 Å². The highest BCUT2D eigenvalue weighted by Gasteiger charge is 2.41. The number of aliphatic hydroxyl groups is 1. The zero-order chi connectivity index (χ0) is 15.8. The summed E-state index contributed by atoms with van der Waals surface area (Å²) in [7, 11) is 0. The van der Waals surface area contributed by atoms with Gasteiger partial charge >= 0.3 is 0 Å². The van der Waals surface area contributed by atoms with E-state index < -0.39 is 0 Å². The quantitative estimate of drug-likeness (QED) is 0.393. The van der Waals surface area contributed by atoms with Gasteiger partial charge in [-0.15, -0.1) is 0 Å². The van der Waals surface area contributed by atoms with Gasteiger partial charge in [0.15, 0.2) is 5.96 Å². The van der Waals surface area contributed by atoms with E-state index in [2.05, 4.69) is 53.7 Å². The smallest absolute Gasteiger partial charge is 0.191 e. The maximum Gasteiger partial charge on any atom is 0.191 e. The Morgan fingerprint density at radius 3 is 2.55 bits per heavy atom. The maximum atomic E-state index is 9.42. The minimum Gasteiger partial charge on any atom is -0.396 e. The third-order valence-corrected chi connectivity index (χ3v) is 4.29. The van der Waals surface area contributed by atoms with E-state index in [0.717, 1.165) is 38.3 Å². The Morgan fingerprint density at radius 2 is 1.95 bits per heavy atom. The SMILES string of the molecule is CCCCNC(=NCc1ccc(C)cc1)NCC1(CO)CC1. The van der Waals surface area contributed by atoms with E-state index in [9.17, 15) is 5.11 Å². The van der Waals surface area contributed by atoms with E-state index in [1.165, 1.54) is 17.5 Å². The minimum absolute atomic E-state index is 0.0943. The van der Waals surface area contributed by atoms with Crippen LogP contribution >= 0.6 is 0 Å². The lowest BCUT2D eigenvalue weighted by Crippen LogP contribution is -2.41. The number of aryl methyl sites for hydroxylation is 1. The molecule has 0 radical (unpaired) electrons. The van der Waals surface area contributed by atoms with Crippen molar-refractivity contribution in [2.45, 2.75) is 46.1 Å². The Labute approximate surface area is 134 Å². The van der Waals surface area contributed by atoms with Gasteiger partial charge in [-0.05, 0) is 31.7 Å². The Balaban J connectivity index is 1.89. The molecule has 1 aromatic rings. The number of unbranched alkanes of at least 4 members (excludes halogenated alkanes) is 1. The zero-order valence-corrected chi connectivity index (χ0v) is 13.9. The fraction of sp³-hybridized carbons (Fsp3) is 0.611. The number of hydrogen-bond donors (Lipinski definition) is 3. The molecule has 1 fully saturated rings. The number of guanidine groups is 1. The summed E-state index contributed by atoms with van der Waals surface area (Å²) >= 11 is 0. The molecule has 22 heavy (non-hydrogen) atoms. The van der Waals surface area contributed by atoms with Crippen LogP contribution in [0.4, 0.5) is 0 Å². The van der Waals surface area contributed by atoms with E-state index in [4.69, 9.17) is 0 Å². The Morgan fingerprint density at radius 1 is 1.23 bits per heavy atom. The topological polar surface area (TPSA) is 56.7 Å². The van der Waals surface area contributed by atoms with Gasteiger partial charge in [-0.25, -0.2) is 4.99 Å². The van der Waals surface area contributed by atoms with E-state index >= 15 is 0 Å². The van der Waals surface area contributed by atoms with E-state index in [0.29, 0.717) is 6.54 Å². The van der Waals surface area contributed by atoms with Crippen molar-refractivity contribution in [1.82, 2.24) is 10.6 Å². The standard InChI is InChI=1S/C18H29N3O/c1-3-4-11-19-17(21-13-18(14-22)9-10-18)20-12-16-7-5-15(2)6-8-16/h5-8,22H,3-4,9-14H2,1-2H3,(H2,19,20,21). The van der Waals surface area contributed by atoms with Gasteiger partial charge in [0.25, 0.3) is 0 Å². The highest BCUT2D eigenvalue weighted by atomic mass is 16.3. The lowest BCUT2D eigenvalue weighted by atomic mass is 10.1. The van der Waals surface area contributed by atoms with Gasteiger partial charge in [-0.1, -0.05) is 43.2 Å². The minimum atomic E-state index is 0.0943. The average molecular weight is 303 g/mol. The van der Waals surface area contributed by atoms with Crippen molar-refractivity contribution in [3.05, 3.63) is 35.4 Å². The fourth-order valence-corrected chi connectivity index (χ4v) is 2.26. The second-order valence-electron chi connectivity index (χ2n) is 6.44. The first kappa shape index (κ1) is 16.8. The summed E-state index contributed by atoms with van der Waals surface area (Å²) < 4.78 is 0. The maximum absolute atomic E-state index is 9.42. The molecule has 0 aliphatic heterocycles. The van der Waals surface area contributed by atoms with Gasteiger partial charge < -0.3 is 15.7 Å². The Kier molecular flexibility index (Phi) is 6.25. The molecule has 0 heterocycles. The molecule has 0 aromatic heterocycles. The molecule has 1 aliphatic rings. The summed E-state index contributed by atoms with van der Waals surface area (Å²) in [5.41, 5.74) is 2.58. The van der Waals surface area contributed by atoms with Gasteiger partial charge in [-0.3, -0.25) is 0 Å². The molecule has 4 heteroatoms. The summed E-state index contributed by atoms with van der Waals surface area (Å²) in [4.78, 5) is 4.67. The van der Waals surface area contributed by atoms with Crippen LogP contribution in [0.2, 0.25) is 0 Å². The van der Waals surface area contributed by atoms with Crippen molar-refractivity contribution < 1.29 is 5.11 Å². The first-order valence-electron chi connectivity index (χ1n) is 8.36. The normalized spacial score (nSPS) is 16.4. The lowest BCUT2D eigenvalue weighted by molar-refractivity contribution is 0.212. The van der Waals surface area contributed by atoms with Gasteiger partial charge in [0, 0.05) is 18.5 Å². The van der Waals surface area contributed by atoms with Crippen molar-refractivity contribution in [3.63, 3.8) is 0 Å². The van der Waals surface area contributed by atoms with Crippen LogP contribution in [0.3, 0.4) is 0 Å². The number of nitrogens with zero attached hydrogens (tertiary/aromatic N) is 1. The largest absolute Gasteiger partial charge is 0.396 e. The number of rotatable bonds is 8. The summed E-state index contributed by atoms with van der Waals surface area (Å²) in [6.45, 7) is 6.95. The molecule has 0 atom stereocenters. The number of hydrogen-bond acceptors (Lipinski definition) is 2. The van der Waals surface area contributed by atoms with Gasteiger partial charge in [-0.2, -0.15) is 0 Å². The Bertz CT molecular complexity index is 478. The molecule has 4 nitrogen and oxygen atoms in total. The molecule has 1 aliphatic carbocycles. The average Bonchev–Trinajstić information content (AvgIpc) is 3.32. The third-order valence-electron chi connectivity index (χ3n) is 4.29. The van der Waals surface area contributed by atoms with E-state index in [1.807, 2.05) is 0 Å². The molecule has 1 saturated carbocycles. The summed E-state index contributed by atoms with van der Waals surface area (Å²) in [6.07, 6.45) is 4.52. The first-order valence-corrected chi connectivity index (χ1v) is 8.36. The van der Waals surface area contributed by atoms with Crippen molar-refractivity contribution in [3.8, 4) is 0 Å². The highest BCUT2D eigenvalue weighted by Crippen LogP contribution is 2.44. The molecular weight excluding hydrogens is 274 g/mol. The summed E-state index contributed by atoms with van der Waals surface area (Å²) in [5, 5.41) is 16.2. The molecule has 0 bridgehead atoms. The first-order chi connectivity index (χ1) is 10.7. The summed E-state index contributed by atoms with van der Waals surface area (Å²) in [6, 6.07) is 8.48. The number of aliphatic hydroxyl groups excluding tert-OH is 1. The van der Waals surface area contributed by atoms with Crippen LogP contribution in [0.25, 0.3) is 0 Å². The lowest BCUT2D eigenvalue weighted by Gasteiger charge is -2.17. The summed E-state index contributed by atoms with van der Waals surface area (Å²) in [5.74, 6) is 0.855. The Hall–Kier alpha value is -1.55. The zero-order valence-electron chi connectivity index (χ0n) is 13.9. The van der Waals surface area contributed by atoms with Crippen LogP contribution in [-0.2, 0) is 6.54 Å². The molecule has 0 unspecified atom stereocenters. The number of benzene rings is 1. The third kappa shape index (κ3) is 5.34. The van der Waals surface area contributed by atoms with Crippen molar-refractivity contribution in [1.29, 1.82) is 0 Å². The van der Waals surface area contributed by atoms with Crippen LogP contribution in [0.1, 0.15) is 43.7 Å². The van der Waals surface area contributed by atoms with Gasteiger partial charge in [0.2, 0.25) is 0 Å². The molecule has 0 saturated heterocycles. The van der Waals surface area contributed by atoms with Crippen molar-refractivity contribution in [2.24, 2.45) is 10.4 Å². The molecule has 3 N–H and O–H groups in total. The van der Waals surface area contributed by atoms with Gasteiger partial charge in [0.05, 0.1) is 13.2 Å². The predicted octanol–water partition coefficient (Wildman–Crippen LogP) is 2.60.